The van der Waals surface area contributed by atoms with Crippen molar-refractivity contribution in [1.29, 1.82) is 0 Å². The quantitative estimate of drug-likeness (QED) is 0.662. The molecule has 3 heterocycles. The molecule has 0 atom stereocenters. The molecule has 1 aromatic carbocycles. The minimum Gasteiger partial charge on any atom is -0.460 e. The first kappa shape index (κ1) is 18.7. The Bertz CT molecular complexity index is 919. The standard InChI is InChI=1S/C21H21ClN4O2/c22-17-3-1-16(2-4-17)20-6-5-19(28-20)15-25-9-11-26(12-10-25)21(27)13-18-14-23-7-8-24-18/h1-8,14H,9-13,15H2. The largest absolute Gasteiger partial charge is 0.460 e. The zero-order chi connectivity index (χ0) is 19.3. The summed E-state index contributed by atoms with van der Waals surface area (Å²) < 4.78 is 5.99. The molecule has 1 amide bonds. The maximum atomic E-state index is 12.4. The van der Waals surface area contributed by atoms with Crippen LogP contribution in [0, 0.1) is 0 Å². The first-order valence-corrected chi connectivity index (χ1v) is 9.65. The normalized spacial score (nSPS) is 15.0. The van der Waals surface area contributed by atoms with E-state index >= 15 is 0 Å². The topological polar surface area (TPSA) is 62.5 Å². The molecular weight excluding hydrogens is 376 g/mol. The second kappa shape index (κ2) is 8.54. The molecule has 0 bridgehead atoms. The van der Waals surface area contributed by atoms with E-state index in [-0.39, 0.29) is 5.91 Å². The highest BCUT2D eigenvalue weighted by atomic mass is 35.5. The minimum atomic E-state index is 0.100. The van der Waals surface area contributed by atoms with Gasteiger partial charge in [0.15, 0.2) is 0 Å². The second-order valence-electron chi connectivity index (χ2n) is 6.80. The Balaban J connectivity index is 1.29. The monoisotopic (exact) mass is 396 g/mol. The molecule has 2 aromatic heterocycles. The summed E-state index contributed by atoms with van der Waals surface area (Å²) in [5.74, 6) is 1.86. The van der Waals surface area contributed by atoms with Crippen LogP contribution in [-0.2, 0) is 17.8 Å². The van der Waals surface area contributed by atoms with Crippen molar-refractivity contribution in [2.45, 2.75) is 13.0 Å². The predicted octanol–water partition coefficient (Wildman–Crippen LogP) is 3.28. The van der Waals surface area contributed by atoms with Crippen LogP contribution in [0.25, 0.3) is 11.3 Å². The van der Waals surface area contributed by atoms with Crippen LogP contribution >= 0.6 is 11.6 Å². The maximum absolute atomic E-state index is 12.4. The third-order valence-corrected chi connectivity index (χ3v) is 5.10. The molecule has 28 heavy (non-hydrogen) atoms. The summed E-state index contributed by atoms with van der Waals surface area (Å²) in [4.78, 5) is 24.8. The number of aromatic nitrogens is 2. The molecule has 1 fully saturated rings. The van der Waals surface area contributed by atoms with Gasteiger partial charge in [-0.25, -0.2) is 0 Å². The molecular formula is C21H21ClN4O2. The number of carbonyl (C=O) groups excluding carboxylic acids is 1. The highest BCUT2D eigenvalue weighted by Gasteiger charge is 2.22. The van der Waals surface area contributed by atoms with Gasteiger partial charge in [-0.05, 0) is 36.4 Å². The number of hydrogen-bond donors (Lipinski definition) is 0. The van der Waals surface area contributed by atoms with Gasteiger partial charge in [0, 0.05) is 55.4 Å². The van der Waals surface area contributed by atoms with E-state index in [4.69, 9.17) is 16.0 Å². The van der Waals surface area contributed by atoms with Gasteiger partial charge in [0.05, 0.1) is 18.7 Å². The van der Waals surface area contributed by atoms with E-state index in [0.717, 1.165) is 36.7 Å². The minimum absolute atomic E-state index is 0.100. The fourth-order valence-corrected chi connectivity index (χ4v) is 3.42. The van der Waals surface area contributed by atoms with Gasteiger partial charge in [0.1, 0.15) is 11.5 Å². The number of benzene rings is 1. The van der Waals surface area contributed by atoms with Crippen molar-refractivity contribution in [3.63, 3.8) is 0 Å². The van der Waals surface area contributed by atoms with Crippen molar-refractivity contribution in [3.05, 3.63) is 71.5 Å². The van der Waals surface area contributed by atoms with Crippen molar-refractivity contribution in [1.82, 2.24) is 19.8 Å². The second-order valence-corrected chi connectivity index (χ2v) is 7.24. The van der Waals surface area contributed by atoms with Crippen LogP contribution in [0.1, 0.15) is 11.5 Å². The van der Waals surface area contributed by atoms with E-state index in [1.54, 1.807) is 18.6 Å². The van der Waals surface area contributed by atoms with E-state index in [1.807, 2.05) is 41.3 Å². The van der Waals surface area contributed by atoms with Crippen LogP contribution in [0.3, 0.4) is 0 Å². The highest BCUT2D eigenvalue weighted by Crippen LogP contribution is 2.24. The Morgan fingerprint density at radius 2 is 1.82 bits per heavy atom. The molecule has 1 aliphatic heterocycles. The SMILES string of the molecule is O=C(Cc1cnccn1)N1CCN(Cc2ccc(-c3ccc(Cl)cc3)o2)CC1. The molecule has 144 valence electrons. The molecule has 0 N–H and O–H groups in total. The molecule has 0 unspecified atom stereocenters. The zero-order valence-electron chi connectivity index (χ0n) is 15.4. The number of nitrogens with zero attached hydrogens (tertiary/aromatic N) is 4. The van der Waals surface area contributed by atoms with Crippen molar-refractivity contribution >= 4 is 17.5 Å². The van der Waals surface area contributed by atoms with Crippen LogP contribution < -0.4 is 0 Å². The van der Waals surface area contributed by atoms with E-state index in [9.17, 15) is 4.79 Å². The van der Waals surface area contributed by atoms with Crippen molar-refractivity contribution < 1.29 is 9.21 Å². The molecule has 1 saturated heterocycles. The van der Waals surface area contributed by atoms with Crippen LogP contribution in [0.2, 0.25) is 5.02 Å². The molecule has 0 aliphatic carbocycles. The number of halogens is 1. The zero-order valence-corrected chi connectivity index (χ0v) is 16.2. The molecule has 6 nitrogen and oxygen atoms in total. The lowest BCUT2D eigenvalue weighted by molar-refractivity contribution is -0.132. The Morgan fingerprint density at radius 3 is 2.54 bits per heavy atom. The van der Waals surface area contributed by atoms with Crippen LogP contribution in [0.15, 0.2) is 59.4 Å². The van der Waals surface area contributed by atoms with Crippen molar-refractivity contribution in [2.24, 2.45) is 0 Å². The summed E-state index contributed by atoms with van der Waals surface area (Å²) in [5.41, 5.74) is 1.72. The third kappa shape index (κ3) is 4.58. The molecule has 0 saturated carbocycles. The molecule has 7 heteroatoms. The molecule has 0 spiro atoms. The van der Waals surface area contributed by atoms with Crippen LogP contribution in [0.4, 0.5) is 0 Å². The average Bonchev–Trinajstić information content (AvgIpc) is 3.18. The molecule has 0 radical (unpaired) electrons. The fourth-order valence-electron chi connectivity index (χ4n) is 3.30. The number of piperazine rings is 1. The lowest BCUT2D eigenvalue weighted by atomic mass is 10.2. The summed E-state index contributed by atoms with van der Waals surface area (Å²) in [5, 5.41) is 0.710. The Hall–Kier alpha value is -2.70. The molecule has 4 rings (SSSR count). The van der Waals surface area contributed by atoms with Gasteiger partial charge in [0.2, 0.25) is 5.91 Å². The predicted molar refractivity (Wildman–Crippen MR) is 107 cm³/mol. The first-order valence-electron chi connectivity index (χ1n) is 9.27. The fraction of sp³-hybridized carbons (Fsp3) is 0.286. The van der Waals surface area contributed by atoms with Gasteiger partial charge in [0.25, 0.3) is 0 Å². The number of amides is 1. The van der Waals surface area contributed by atoms with Gasteiger partial charge in [-0.3, -0.25) is 19.7 Å². The molecule has 1 aliphatic rings. The third-order valence-electron chi connectivity index (χ3n) is 4.84. The average molecular weight is 397 g/mol. The Morgan fingerprint density at radius 1 is 1.04 bits per heavy atom. The summed E-state index contributed by atoms with van der Waals surface area (Å²) in [7, 11) is 0. The van der Waals surface area contributed by atoms with Crippen molar-refractivity contribution in [2.75, 3.05) is 26.2 Å². The lowest BCUT2D eigenvalue weighted by Crippen LogP contribution is -2.48. The lowest BCUT2D eigenvalue weighted by Gasteiger charge is -2.34. The van der Waals surface area contributed by atoms with Crippen LogP contribution in [0.5, 0.6) is 0 Å². The summed E-state index contributed by atoms with van der Waals surface area (Å²) in [6.07, 6.45) is 5.17. The number of rotatable bonds is 5. The van der Waals surface area contributed by atoms with Gasteiger partial charge in [-0.15, -0.1) is 0 Å². The van der Waals surface area contributed by atoms with E-state index in [1.165, 1.54) is 0 Å². The molecule has 3 aromatic rings. The smallest absolute Gasteiger partial charge is 0.228 e. The van der Waals surface area contributed by atoms with Crippen LogP contribution in [-0.4, -0.2) is 51.9 Å². The summed E-state index contributed by atoms with van der Waals surface area (Å²) in [6.45, 7) is 3.81. The van der Waals surface area contributed by atoms with E-state index in [0.29, 0.717) is 30.2 Å². The Kier molecular flexibility index (Phi) is 5.69. The van der Waals surface area contributed by atoms with Crippen molar-refractivity contribution in [3.8, 4) is 11.3 Å². The van der Waals surface area contributed by atoms with Gasteiger partial charge in [-0.1, -0.05) is 11.6 Å². The number of furan rings is 1. The van der Waals surface area contributed by atoms with Gasteiger partial charge >= 0.3 is 0 Å². The number of hydrogen-bond acceptors (Lipinski definition) is 5. The highest BCUT2D eigenvalue weighted by molar-refractivity contribution is 6.30. The first-order chi connectivity index (χ1) is 13.7. The number of carbonyl (C=O) groups is 1. The van der Waals surface area contributed by atoms with Gasteiger partial charge in [-0.2, -0.15) is 0 Å². The summed E-state index contributed by atoms with van der Waals surface area (Å²) in [6, 6.07) is 11.6. The maximum Gasteiger partial charge on any atom is 0.228 e. The Labute approximate surface area is 168 Å². The van der Waals surface area contributed by atoms with Gasteiger partial charge < -0.3 is 9.32 Å². The summed E-state index contributed by atoms with van der Waals surface area (Å²) >= 11 is 5.94. The van der Waals surface area contributed by atoms with E-state index < -0.39 is 0 Å². The van der Waals surface area contributed by atoms with E-state index in [2.05, 4.69) is 14.9 Å².